The van der Waals surface area contributed by atoms with Crippen LogP contribution in [-0.4, -0.2) is 17.5 Å². The zero-order valence-corrected chi connectivity index (χ0v) is 13.8. The zero-order valence-electron chi connectivity index (χ0n) is 13.8. The first-order chi connectivity index (χ1) is 10.5. The number of fused-ring (bicyclic) bond motifs is 5. The van der Waals surface area contributed by atoms with E-state index in [0.29, 0.717) is 34.9 Å². The van der Waals surface area contributed by atoms with Crippen LogP contribution in [0.2, 0.25) is 0 Å². The third-order valence-electron chi connectivity index (χ3n) is 7.44. The summed E-state index contributed by atoms with van der Waals surface area (Å²) in [5.41, 5.74) is 1.69. The number of hydrogen-bond acceptors (Lipinski definition) is 2. The Labute approximate surface area is 133 Å². The van der Waals surface area contributed by atoms with Crippen molar-refractivity contribution in [3.8, 4) is 0 Å². The van der Waals surface area contributed by atoms with Crippen LogP contribution in [0.4, 0.5) is 0 Å². The molecule has 2 heteroatoms. The first kappa shape index (κ1) is 14.7. The lowest BCUT2D eigenvalue weighted by atomic mass is 9.45. The summed E-state index contributed by atoms with van der Waals surface area (Å²) in [7, 11) is 0. The van der Waals surface area contributed by atoms with Gasteiger partial charge in [-0.05, 0) is 72.7 Å². The maximum atomic E-state index is 11.9. The molecule has 2 saturated carbocycles. The van der Waals surface area contributed by atoms with E-state index in [2.05, 4.69) is 26.0 Å². The molecule has 4 aliphatic rings. The zero-order chi connectivity index (χ0) is 15.5. The number of allylic oxidation sites excluding steroid dienone is 4. The molecule has 6 atom stereocenters. The second kappa shape index (κ2) is 4.80. The molecule has 0 aliphatic heterocycles. The van der Waals surface area contributed by atoms with Crippen molar-refractivity contribution in [2.24, 2.45) is 34.5 Å². The number of aliphatic hydroxyl groups excluding tert-OH is 1. The molecule has 0 bridgehead atoms. The second-order valence-electron chi connectivity index (χ2n) is 8.86. The Hall–Kier alpha value is -0.890. The van der Waals surface area contributed by atoms with Crippen LogP contribution in [0.25, 0.3) is 0 Å². The molecule has 4 rings (SSSR count). The molecule has 0 amide bonds. The number of ketones is 1. The Morgan fingerprint density at radius 3 is 2.91 bits per heavy atom. The Morgan fingerprint density at radius 2 is 2.14 bits per heavy atom. The fourth-order valence-corrected chi connectivity index (χ4v) is 6.30. The van der Waals surface area contributed by atoms with Crippen LogP contribution < -0.4 is 0 Å². The molecule has 0 radical (unpaired) electrons. The lowest BCUT2D eigenvalue weighted by molar-refractivity contribution is -0.117. The minimum Gasteiger partial charge on any atom is -0.396 e. The average Bonchev–Trinajstić information content (AvgIpc) is 2.88. The lowest BCUT2D eigenvalue weighted by Gasteiger charge is -2.59. The number of hydrogen-bond donors (Lipinski definition) is 1. The molecule has 0 aromatic rings. The monoisotopic (exact) mass is 300 g/mol. The summed E-state index contributed by atoms with van der Waals surface area (Å²) in [4.78, 5) is 11.9. The molecule has 4 aliphatic carbocycles. The smallest absolute Gasteiger partial charge is 0.155 e. The second-order valence-corrected chi connectivity index (χ2v) is 8.86. The van der Waals surface area contributed by atoms with Crippen LogP contribution in [0, 0.1) is 34.5 Å². The highest BCUT2D eigenvalue weighted by atomic mass is 16.3. The maximum absolute atomic E-state index is 11.9. The van der Waals surface area contributed by atoms with Gasteiger partial charge in [0.2, 0.25) is 0 Å². The van der Waals surface area contributed by atoms with Crippen molar-refractivity contribution in [1.29, 1.82) is 0 Å². The third kappa shape index (κ3) is 1.92. The van der Waals surface area contributed by atoms with Gasteiger partial charge < -0.3 is 5.11 Å². The summed E-state index contributed by atoms with van der Waals surface area (Å²) in [6.45, 7) is 4.95. The van der Waals surface area contributed by atoms with Gasteiger partial charge in [0.15, 0.2) is 5.78 Å². The SMILES string of the molecule is C[C@@]1(CO)CC2=CC(=O)CC[C@@H]2[C@H]2CC[C@]3(C)CC=C[C@@H]3[C@@H]21. The van der Waals surface area contributed by atoms with E-state index in [1.54, 1.807) is 0 Å². The van der Waals surface area contributed by atoms with E-state index in [1.807, 2.05) is 6.08 Å². The molecule has 2 nitrogen and oxygen atoms in total. The van der Waals surface area contributed by atoms with E-state index in [4.69, 9.17) is 0 Å². The number of carbonyl (C=O) groups excluding carboxylic acids is 1. The van der Waals surface area contributed by atoms with Gasteiger partial charge in [-0.3, -0.25) is 4.79 Å². The first-order valence-corrected chi connectivity index (χ1v) is 8.98. The highest BCUT2D eigenvalue weighted by Crippen LogP contribution is 2.64. The van der Waals surface area contributed by atoms with Gasteiger partial charge in [0.25, 0.3) is 0 Å². The van der Waals surface area contributed by atoms with E-state index in [1.165, 1.54) is 24.8 Å². The molecular formula is C20H28O2. The molecular weight excluding hydrogens is 272 g/mol. The predicted molar refractivity (Wildman–Crippen MR) is 87.2 cm³/mol. The van der Waals surface area contributed by atoms with Crippen molar-refractivity contribution >= 4 is 5.78 Å². The van der Waals surface area contributed by atoms with Gasteiger partial charge >= 0.3 is 0 Å². The fourth-order valence-electron chi connectivity index (χ4n) is 6.30. The maximum Gasteiger partial charge on any atom is 0.155 e. The van der Waals surface area contributed by atoms with Crippen LogP contribution in [0.3, 0.4) is 0 Å². The van der Waals surface area contributed by atoms with E-state index >= 15 is 0 Å². The van der Waals surface area contributed by atoms with Crippen molar-refractivity contribution in [3.63, 3.8) is 0 Å². The van der Waals surface area contributed by atoms with Crippen molar-refractivity contribution in [3.05, 3.63) is 23.8 Å². The standard InChI is InChI=1S/C20H28O2/c1-19-8-3-4-17(19)18-16(7-9-19)15-6-5-14(22)10-13(15)11-20(18,2)12-21/h3-4,10,15-18,21H,5-9,11-12H2,1-2H3/t15-,16+,17+,18+,19-,20-/m0/s1. The minimum atomic E-state index is -0.0638. The van der Waals surface area contributed by atoms with Crippen LogP contribution in [0.15, 0.2) is 23.8 Å². The van der Waals surface area contributed by atoms with Crippen molar-refractivity contribution in [2.45, 2.75) is 52.4 Å². The number of rotatable bonds is 1. The molecule has 22 heavy (non-hydrogen) atoms. The summed E-state index contributed by atoms with van der Waals surface area (Å²) < 4.78 is 0. The molecule has 1 N–H and O–H groups in total. The Balaban J connectivity index is 1.77. The fraction of sp³-hybridized carbons (Fsp3) is 0.750. The molecule has 0 heterocycles. The Morgan fingerprint density at radius 1 is 1.32 bits per heavy atom. The molecule has 0 unspecified atom stereocenters. The van der Waals surface area contributed by atoms with Gasteiger partial charge in [0.05, 0.1) is 0 Å². The summed E-state index contributed by atoms with van der Waals surface area (Å²) >= 11 is 0. The van der Waals surface area contributed by atoms with E-state index in [-0.39, 0.29) is 12.0 Å². The molecule has 0 aromatic heterocycles. The minimum absolute atomic E-state index is 0.0638. The largest absolute Gasteiger partial charge is 0.396 e. The molecule has 2 fully saturated rings. The van der Waals surface area contributed by atoms with Crippen LogP contribution in [-0.2, 0) is 4.79 Å². The lowest BCUT2D eigenvalue weighted by Crippen LogP contribution is -2.54. The number of carbonyl (C=O) groups is 1. The van der Waals surface area contributed by atoms with Crippen molar-refractivity contribution < 1.29 is 9.90 Å². The summed E-state index contributed by atoms with van der Waals surface area (Å²) in [5.74, 6) is 2.74. The summed E-state index contributed by atoms with van der Waals surface area (Å²) in [5, 5.41) is 10.2. The molecule has 0 aromatic carbocycles. The summed E-state index contributed by atoms with van der Waals surface area (Å²) in [6, 6.07) is 0. The summed E-state index contributed by atoms with van der Waals surface area (Å²) in [6.07, 6.45) is 13.2. The van der Waals surface area contributed by atoms with Crippen LogP contribution in [0.5, 0.6) is 0 Å². The molecule has 0 saturated heterocycles. The Kier molecular flexibility index (Phi) is 3.21. The average molecular weight is 300 g/mol. The predicted octanol–water partition coefficient (Wildman–Crippen LogP) is 3.90. The molecule has 0 spiro atoms. The first-order valence-electron chi connectivity index (χ1n) is 8.98. The highest BCUT2D eigenvalue weighted by molar-refractivity contribution is 5.91. The topological polar surface area (TPSA) is 37.3 Å². The van der Waals surface area contributed by atoms with Crippen LogP contribution in [0.1, 0.15) is 52.4 Å². The van der Waals surface area contributed by atoms with Crippen LogP contribution >= 0.6 is 0 Å². The normalized spacial score (nSPS) is 50.1. The van der Waals surface area contributed by atoms with Gasteiger partial charge in [0.1, 0.15) is 0 Å². The van der Waals surface area contributed by atoms with Crippen molar-refractivity contribution in [1.82, 2.24) is 0 Å². The van der Waals surface area contributed by atoms with Gasteiger partial charge in [0, 0.05) is 13.0 Å². The van der Waals surface area contributed by atoms with Gasteiger partial charge in [-0.1, -0.05) is 31.6 Å². The molecule has 120 valence electrons. The Bertz CT molecular complexity index is 560. The van der Waals surface area contributed by atoms with E-state index in [9.17, 15) is 9.90 Å². The van der Waals surface area contributed by atoms with Gasteiger partial charge in [-0.25, -0.2) is 0 Å². The third-order valence-corrected chi connectivity index (χ3v) is 7.44. The van der Waals surface area contributed by atoms with E-state index in [0.717, 1.165) is 19.3 Å². The van der Waals surface area contributed by atoms with E-state index < -0.39 is 0 Å². The van der Waals surface area contributed by atoms with Gasteiger partial charge in [-0.2, -0.15) is 0 Å². The van der Waals surface area contributed by atoms with Crippen molar-refractivity contribution in [2.75, 3.05) is 6.61 Å². The quantitative estimate of drug-likeness (QED) is 0.746. The number of aliphatic hydroxyl groups is 1. The van der Waals surface area contributed by atoms with Gasteiger partial charge in [-0.15, -0.1) is 0 Å². The highest BCUT2D eigenvalue weighted by Gasteiger charge is 2.57.